The third kappa shape index (κ3) is 40.3. The van der Waals surface area contributed by atoms with Gasteiger partial charge in [-0.25, -0.2) is 0 Å². The van der Waals surface area contributed by atoms with Gasteiger partial charge in [-0.05, 0) is 19.3 Å². The summed E-state index contributed by atoms with van der Waals surface area (Å²) in [5.74, 6) is -0.0588. The maximum atomic E-state index is 12.4. The molecule has 0 aromatic heterocycles. The van der Waals surface area contributed by atoms with Crippen molar-refractivity contribution in [3.8, 4) is 0 Å². The fraction of sp³-hybridized carbons (Fsp3) is 0.938. The van der Waals surface area contributed by atoms with Crippen LogP contribution in [0.5, 0.6) is 0 Å². The first-order valence-corrected chi connectivity index (χ1v) is 23.9. The fourth-order valence-corrected chi connectivity index (χ4v) is 7.59. The Labute approximate surface area is 327 Å². The SMILES string of the molecule is CCCCCCCCCCCCCC=C[C@@H](O)[C@H](CO)NC(=O)CCCCCCCCCCCCCCCCCCCCCCCCCCCCC. The van der Waals surface area contributed by atoms with Gasteiger partial charge in [-0.1, -0.05) is 257 Å². The Morgan fingerprint density at radius 1 is 0.442 bits per heavy atom. The van der Waals surface area contributed by atoms with Crippen molar-refractivity contribution in [2.45, 2.75) is 283 Å². The van der Waals surface area contributed by atoms with Crippen molar-refractivity contribution in [3.05, 3.63) is 12.2 Å². The maximum Gasteiger partial charge on any atom is 0.220 e. The highest BCUT2D eigenvalue weighted by Gasteiger charge is 2.18. The second-order valence-corrected chi connectivity index (χ2v) is 16.5. The minimum absolute atomic E-state index is 0.0588. The van der Waals surface area contributed by atoms with Crippen molar-refractivity contribution in [2.75, 3.05) is 6.61 Å². The molecule has 0 aliphatic heterocycles. The summed E-state index contributed by atoms with van der Waals surface area (Å²) in [4.78, 5) is 12.4. The highest BCUT2D eigenvalue weighted by molar-refractivity contribution is 5.76. The Morgan fingerprint density at radius 3 is 1.00 bits per heavy atom. The molecule has 1 amide bonds. The lowest BCUT2D eigenvalue weighted by molar-refractivity contribution is -0.123. The number of rotatable bonds is 44. The van der Waals surface area contributed by atoms with E-state index >= 15 is 0 Å². The van der Waals surface area contributed by atoms with Crippen molar-refractivity contribution in [2.24, 2.45) is 0 Å². The number of nitrogens with one attached hydrogen (secondary N) is 1. The number of carbonyl (C=O) groups excluding carboxylic acids is 1. The second kappa shape index (κ2) is 44.5. The molecule has 0 saturated heterocycles. The topological polar surface area (TPSA) is 69.6 Å². The average Bonchev–Trinajstić information content (AvgIpc) is 3.15. The highest BCUT2D eigenvalue weighted by atomic mass is 16.3. The van der Waals surface area contributed by atoms with Crippen LogP contribution in [0.2, 0.25) is 0 Å². The van der Waals surface area contributed by atoms with Gasteiger partial charge in [0.1, 0.15) is 0 Å². The predicted molar refractivity (Wildman–Crippen MR) is 230 cm³/mol. The summed E-state index contributed by atoms with van der Waals surface area (Å²) in [7, 11) is 0. The van der Waals surface area contributed by atoms with Crippen LogP contribution in [0.4, 0.5) is 0 Å². The quantitative estimate of drug-likeness (QED) is 0.0431. The summed E-state index contributed by atoms with van der Waals surface area (Å²) in [5, 5.41) is 23.0. The van der Waals surface area contributed by atoms with Gasteiger partial charge in [0.25, 0.3) is 0 Å². The molecule has 3 N–H and O–H groups in total. The number of hydrogen-bond donors (Lipinski definition) is 3. The molecule has 0 radical (unpaired) electrons. The van der Waals surface area contributed by atoms with E-state index in [9.17, 15) is 15.0 Å². The van der Waals surface area contributed by atoms with Crippen LogP contribution < -0.4 is 5.32 Å². The van der Waals surface area contributed by atoms with Crippen LogP contribution in [0, 0.1) is 0 Å². The van der Waals surface area contributed by atoms with E-state index in [2.05, 4.69) is 19.2 Å². The van der Waals surface area contributed by atoms with Crippen molar-refractivity contribution in [1.82, 2.24) is 5.32 Å². The van der Waals surface area contributed by atoms with E-state index in [0.29, 0.717) is 6.42 Å². The molecule has 0 aliphatic carbocycles. The first-order valence-electron chi connectivity index (χ1n) is 23.9. The molecule has 4 heteroatoms. The molecule has 0 aliphatic rings. The average molecular weight is 734 g/mol. The molecule has 0 aromatic carbocycles. The van der Waals surface area contributed by atoms with Crippen LogP contribution in [0.15, 0.2) is 12.2 Å². The zero-order chi connectivity index (χ0) is 37.8. The van der Waals surface area contributed by atoms with E-state index in [1.165, 1.54) is 225 Å². The molecule has 52 heavy (non-hydrogen) atoms. The largest absolute Gasteiger partial charge is 0.394 e. The molecule has 0 aromatic rings. The fourth-order valence-electron chi connectivity index (χ4n) is 7.59. The van der Waals surface area contributed by atoms with E-state index in [0.717, 1.165) is 25.7 Å². The molecule has 2 atom stereocenters. The molecule has 310 valence electrons. The van der Waals surface area contributed by atoms with E-state index in [4.69, 9.17) is 0 Å². The van der Waals surface area contributed by atoms with E-state index in [1.807, 2.05) is 6.08 Å². The molecule has 0 unspecified atom stereocenters. The molecule has 4 nitrogen and oxygen atoms in total. The standard InChI is InChI=1S/C48H95NO3/c1-3-5-7-9-11-13-15-17-18-19-20-21-22-23-24-25-26-27-28-29-30-32-34-36-38-40-42-44-48(52)49-46(45-50)47(51)43-41-39-37-35-33-31-16-14-12-10-8-6-4-2/h41,43,46-47,50-51H,3-40,42,44-45H2,1-2H3,(H,49,52)/t46-,47+/m0/s1. The van der Waals surface area contributed by atoms with Gasteiger partial charge in [-0.15, -0.1) is 0 Å². The lowest BCUT2D eigenvalue weighted by Crippen LogP contribution is -2.45. The number of allylic oxidation sites excluding steroid dienone is 1. The van der Waals surface area contributed by atoms with Crippen molar-refractivity contribution < 1.29 is 15.0 Å². The number of hydrogen-bond acceptors (Lipinski definition) is 3. The molecule has 0 spiro atoms. The molecule has 0 heterocycles. The Morgan fingerprint density at radius 2 is 0.712 bits per heavy atom. The number of aliphatic hydroxyl groups excluding tert-OH is 2. The van der Waals surface area contributed by atoms with Crippen LogP contribution in [0.3, 0.4) is 0 Å². The van der Waals surface area contributed by atoms with Crippen LogP contribution >= 0.6 is 0 Å². The van der Waals surface area contributed by atoms with Crippen LogP contribution in [-0.4, -0.2) is 34.9 Å². The highest BCUT2D eigenvalue weighted by Crippen LogP contribution is 2.17. The van der Waals surface area contributed by atoms with Gasteiger partial charge in [-0.2, -0.15) is 0 Å². The van der Waals surface area contributed by atoms with Gasteiger partial charge in [0.15, 0.2) is 0 Å². The minimum atomic E-state index is -0.833. The molecular formula is C48H95NO3. The lowest BCUT2D eigenvalue weighted by Gasteiger charge is -2.20. The normalized spacial score (nSPS) is 12.9. The monoisotopic (exact) mass is 734 g/mol. The van der Waals surface area contributed by atoms with Crippen LogP contribution in [0.1, 0.15) is 271 Å². The van der Waals surface area contributed by atoms with E-state index in [-0.39, 0.29) is 12.5 Å². The molecule has 0 saturated carbocycles. The van der Waals surface area contributed by atoms with Crippen molar-refractivity contribution in [3.63, 3.8) is 0 Å². The van der Waals surface area contributed by atoms with E-state index in [1.54, 1.807) is 6.08 Å². The molecule has 0 fully saturated rings. The summed E-state index contributed by atoms with van der Waals surface area (Å²) < 4.78 is 0. The first-order chi connectivity index (χ1) is 25.7. The second-order valence-electron chi connectivity index (χ2n) is 16.5. The number of aliphatic hydroxyl groups is 2. The Hall–Kier alpha value is -0.870. The van der Waals surface area contributed by atoms with Crippen LogP contribution in [0.25, 0.3) is 0 Å². The lowest BCUT2D eigenvalue weighted by atomic mass is 10.0. The summed E-state index contributed by atoms with van der Waals surface area (Å²) in [6.07, 6.45) is 56.3. The summed E-state index contributed by atoms with van der Waals surface area (Å²) in [6, 6.07) is -0.616. The maximum absolute atomic E-state index is 12.4. The Bertz CT molecular complexity index is 710. The third-order valence-electron chi connectivity index (χ3n) is 11.3. The van der Waals surface area contributed by atoms with Gasteiger partial charge in [0.2, 0.25) is 5.91 Å². The smallest absolute Gasteiger partial charge is 0.220 e. The Balaban J connectivity index is 3.43. The summed E-state index contributed by atoms with van der Waals surface area (Å²) in [5.41, 5.74) is 0. The minimum Gasteiger partial charge on any atom is -0.394 e. The Kier molecular flexibility index (Phi) is 43.8. The van der Waals surface area contributed by atoms with Gasteiger partial charge >= 0.3 is 0 Å². The predicted octanol–water partition coefficient (Wildman–Crippen LogP) is 15.0. The number of unbranched alkanes of at least 4 members (excludes halogenated alkanes) is 37. The zero-order valence-corrected chi connectivity index (χ0v) is 35.6. The van der Waals surface area contributed by atoms with Gasteiger partial charge in [-0.3, -0.25) is 4.79 Å². The van der Waals surface area contributed by atoms with Gasteiger partial charge < -0.3 is 15.5 Å². The zero-order valence-electron chi connectivity index (χ0n) is 35.6. The summed E-state index contributed by atoms with van der Waals surface area (Å²) >= 11 is 0. The van der Waals surface area contributed by atoms with Crippen LogP contribution in [-0.2, 0) is 4.79 Å². The number of amides is 1. The van der Waals surface area contributed by atoms with Crippen molar-refractivity contribution >= 4 is 5.91 Å². The first kappa shape index (κ1) is 51.1. The van der Waals surface area contributed by atoms with E-state index < -0.39 is 12.1 Å². The molecule has 0 bridgehead atoms. The summed E-state index contributed by atoms with van der Waals surface area (Å²) in [6.45, 7) is 4.33. The van der Waals surface area contributed by atoms with Gasteiger partial charge in [0, 0.05) is 6.42 Å². The molecular weight excluding hydrogens is 639 g/mol. The van der Waals surface area contributed by atoms with Crippen molar-refractivity contribution in [1.29, 1.82) is 0 Å². The van der Waals surface area contributed by atoms with Gasteiger partial charge in [0.05, 0.1) is 18.8 Å². The number of carbonyl (C=O) groups is 1. The molecule has 0 rings (SSSR count). The third-order valence-corrected chi connectivity index (χ3v) is 11.3.